The lowest BCUT2D eigenvalue weighted by molar-refractivity contribution is 0.0939. The summed E-state index contributed by atoms with van der Waals surface area (Å²) < 4.78 is 12.9. The maximum Gasteiger partial charge on any atom is 0.274 e. The largest absolute Gasteiger partial charge is 0.487 e. The van der Waals surface area contributed by atoms with Crippen molar-refractivity contribution in [1.29, 1.82) is 0 Å². The molecule has 0 fully saturated rings. The Morgan fingerprint density at radius 3 is 2.53 bits per heavy atom. The third-order valence-corrected chi connectivity index (χ3v) is 5.59. The van der Waals surface area contributed by atoms with Crippen LogP contribution >= 0.6 is 11.6 Å². The number of aromatic nitrogens is 3. The van der Waals surface area contributed by atoms with Gasteiger partial charge in [-0.3, -0.25) is 4.79 Å². The van der Waals surface area contributed by atoms with Gasteiger partial charge < -0.3 is 14.6 Å². The molecule has 1 N–H and O–H groups in total. The van der Waals surface area contributed by atoms with Crippen molar-refractivity contribution in [3.05, 3.63) is 93.6 Å². The van der Waals surface area contributed by atoms with E-state index in [1.807, 2.05) is 61.0 Å². The lowest BCUT2D eigenvalue weighted by Crippen LogP contribution is -2.25. The quantitative estimate of drug-likeness (QED) is 0.431. The number of carbonyl (C=O) groups excluding carboxylic acids is 1. The van der Waals surface area contributed by atoms with E-state index in [0.29, 0.717) is 28.6 Å². The molecule has 0 unspecified atom stereocenters. The highest BCUT2D eigenvalue weighted by Gasteiger charge is 2.22. The number of halogens is 1. The number of benzene rings is 2. The topological polar surface area (TPSA) is 82.2 Å². The molecule has 0 bridgehead atoms. The van der Waals surface area contributed by atoms with Crippen molar-refractivity contribution in [1.82, 2.24) is 20.3 Å². The minimum absolute atomic E-state index is 0.117. The molecular formula is C24H23ClN4O3. The van der Waals surface area contributed by atoms with Crippen LogP contribution in [0.3, 0.4) is 0 Å². The van der Waals surface area contributed by atoms with E-state index >= 15 is 0 Å². The van der Waals surface area contributed by atoms with E-state index in [-0.39, 0.29) is 18.2 Å². The standard InChI is InChI=1S/C24H23ClN4O3/c1-15-19(16(2)29(27-15)18-9-5-4-6-10-18)13-26-24(30)23-20(17(3)32-28-23)14-31-22-12-8-7-11-21(22)25/h4-12H,13-14H2,1-3H3,(H,26,30). The van der Waals surface area contributed by atoms with Crippen molar-refractivity contribution in [2.75, 3.05) is 0 Å². The van der Waals surface area contributed by atoms with Crippen LogP contribution in [-0.4, -0.2) is 20.8 Å². The van der Waals surface area contributed by atoms with Crippen LogP contribution in [0.25, 0.3) is 5.69 Å². The number of amides is 1. The Morgan fingerprint density at radius 2 is 1.78 bits per heavy atom. The van der Waals surface area contributed by atoms with Crippen LogP contribution < -0.4 is 10.1 Å². The van der Waals surface area contributed by atoms with Crippen molar-refractivity contribution in [2.45, 2.75) is 33.9 Å². The van der Waals surface area contributed by atoms with Gasteiger partial charge in [0.15, 0.2) is 5.69 Å². The molecule has 2 aromatic heterocycles. The minimum atomic E-state index is -0.342. The van der Waals surface area contributed by atoms with E-state index in [2.05, 4.69) is 15.6 Å². The first-order valence-corrected chi connectivity index (χ1v) is 10.5. The van der Waals surface area contributed by atoms with Crippen LogP contribution in [-0.2, 0) is 13.2 Å². The number of hydrogen-bond donors (Lipinski definition) is 1. The summed E-state index contributed by atoms with van der Waals surface area (Å²) in [5.41, 5.74) is 4.52. The molecule has 4 rings (SSSR count). The zero-order chi connectivity index (χ0) is 22.7. The van der Waals surface area contributed by atoms with E-state index in [1.54, 1.807) is 19.1 Å². The van der Waals surface area contributed by atoms with E-state index in [9.17, 15) is 4.79 Å². The summed E-state index contributed by atoms with van der Waals surface area (Å²) in [7, 11) is 0. The fourth-order valence-electron chi connectivity index (χ4n) is 3.46. The maximum absolute atomic E-state index is 12.9. The highest BCUT2D eigenvalue weighted by Crippen LogP contribution is 2.25. The van der Waals surface area contributed by atoms with Crippen molar-refractivity contribution in [2.24, 2.45) is 0 Å². The SMILES string of the molecule is Cc1nn(-c2ccccc2)c(C)c1CNC(=O)c1noc(C)c1COc1ccccc1Cl. The highest BCUT2D eigenvalue weighted by molar-refractivity contribution is 6.32. The molecule has 0 radical (unpaired) electrons. The zero-order valence-electron chi connectivity index (χ0n) is 18.1. The van der Waals surface area contributed by atoms with Crippen LogP contribution in [0.2, 0.25) is 5.02 Å². The lowest BCUT2D eigenvalue weighted by Gasteiger charge is -2.09. The number of ether oxygens (including phenoxy) is 1. The molecule has 0 aliphatic heterocycles. The molecule has 1 amide bonds. The van der Waals surface area contributed by atoms with Gasteiger partial charge in [-0.05, 0) is 45.0 Å². The number of carbonyl (C=O) groups is 1. The molecule has 0 aliphatic carbocycles. The van der Waals surface area contributed by atoms with Crippen molar-refractivity contribution >= 4 is 17.5 Å². The second-order valence-electron chi connectivity index (χ2n) is 7.36. The number of rotatable bonds is 7. The molecule has 0 aliphatic rings. The first-order valence-electron chi connectivity index (χ1n) is 10.2. The molecule has 32 heavy (non-hydrogen) atoms. The maximum atomic E-state index is 12.9. The van der Waals surface area contributed by atoms with E-state index in [4.69, 9.17) is 20.9 Å². The summed E-state index contributed by atoms with van der Waals surface area (Å²) in [5.74, 6) is 0.707. The Bertz CT molecular complexity index is 1250. The van der Waals surface area contributed by atoms with Crippen LogP contribution in [0.4, 0.5) is 0 Å². The zero-order valence-corrected chi connectivity index (χ0v) is 18.8. The number of nitrogens with zero attached hydrogens (tertiary/aromatic N) is 3. The Labute approximate surface area is 190 Å². The molecule has 4 aromatic rings. The van der Waals surface area contributed by atoms with Crippen LogP contribution in [0.5, 0.6) is 5.75 Å². The second-order valence-corrected chi connectivity index (χ2v) is 7.77. The average molecular weight is 451 g/mol. The van der Waals surface area contributed by atoms with Gasteiger partial charge >= 0.3 is 0 Å². The smallest absolute Gasteiger partial charge is 0.274 e. The van der Waals surface area contributed by atoms with Gasteiger partial charge in [0, 0.05) is 17.8 Å². The summed E-state index contributed by atoms with van der Waals surface area (Å²) in [5, 5.41) is 12.0. The van der Waals surface area contributed by atoms with Gasteiger partial charge in [0.1, 0.15) is 18.1 Å². The first-order chi connectivity index (χ1) is 15.5. The van der Waals surface area contributed by atoms with Crippen LogP contribution in [0, 0.1) is 20.8 Å². The van der Waals surface area contributed by atoms with E-state index < -0.39 is 0 Å². The van der Waals surface area contributed by atoms with Crippen LogP contribution in [0.1, 0.15) is 38.8 Å². The van der Waals surface area contributed by atoms with E-state index in [0.717, 1.165) is 22.6 Å². The molecule has 2 heterocycles. The summed E-state index contributed by atoms with van der Waals surface area (Å²) in [6.45, 7) is 6.09. The third kappa shape index (κ3) is 4.38. The van der Waals surface area contributed by atoms with Crippen LogP contribution in [0.15, 0.2) is 59.1 Å². The Hall–Kier alpha value is -3.58. The van der Waals surface area contributed by atoms with Gasteiger partial charge in [0.05, 0.1) is 22.0 Å². The van der Waals surface area contributed by atoms with Gasteiger partial charge in [0.2, 0.25) is 0 Å². The fourth-order valence-corrected chi connectivity index (χ4v) is 3.65. The number of para-hydroxylation sites is 2. The van der Waals surface area contributed by atoms with Gasteiger partial charge in [0.25, 0.3) is 5.91 Å². The van der Waals surface area contributed by atoms with Crippen molar-refractivity contribution in [3.63, 3.8) is 0 Å². The molecule has 164 valence electrons. The number of aryl methyl sites for hydroxylation is 2. The highest BCUT2D eigenvalue weighted by atomic mass is 35.5. The number of nitrogens with one attached hydrogen (secondary N) is 1. The molecule has 7 nitrogen and oxygen atoms in total. The molecular weight excluding hydrogens is 428 g/mol. The Morgan fingerprint density at radius 1 is 1.06 bits per heavy atom. The predicted molar refractivity (Wildman–Crippen MR) is 121 cm³/mol. The third-order valence-electron chi connectivity index (χ3n) is 5.28. The number of hydrogen-bond acceptors (Lipinski definition) is 5. The molecule has 0 saturated carbocycles. The van der Waals surface area contributed by atoms with Gasteiger partial charge in [-0.1, -0.05) is 47.1 Å². The van der Waals surface area contributed by atoms with Gasteiger partial charge in [-0.2, -0.15) is 5.10 Å². The van der Waals surface area contributed by atoms with Crippen molar-refractivity contribution in [3.8, 4) is 11.4 Å². The summed E-state index contributed by atoms with van der Waals surface area (Å²) in [4.78, 5) is 12.9. The monoisotopic (exact) mass is 450 g/mol. The molecule has 0 spiro atoms. The molecule has 8 heteroatoms. The summed E-state index contributed by atoms with van der Waals surface area (Å²) >= 11 is 6.15. The Balaban J connectivity index is 1.48. The summed E-state index contributed by atoms with van der Waals surface area (Å²) in [6.07, 6.45) is 0. The molecule has 2 aromatic carbocycles. The van der Waals surface area contributed by atoms with Gasteiger partial charge in [-0.15, -0.1) is 0 Å². The van der Waals surface area contributed by atoms with Crippen molar-refractivity contribution < 1.29 is 14.1 Å². The summed E-state index contributed by atoms with van der Waals surface area (Å²) in [6, 6.07) is 17.0. The first kappa shape index (κ1) is 21.6. The second kappa shape index (κ2) is 9.28. The van der Waals surface area contributed by atoms with E-state index in [1.165, 1.54) is 0 Å². The lowest BCUT2D eigenvalue weighted by atomic mass is 10.1. The normalized spacial score (nSPS) is 10.9. The Kier molecular flexibility index (Phi) is 6.28. The minimum Gasteiger partial charge on any atom is -0.487 e. The molecule has 0 atom stereocenters. The molecule has 0 saturated heterocycles. The average Bonchev–Trinajstić information content (AvgIpc) is 3.31. The predicted octanol–water partition coefficient (Wildman–Crippen LogP) is 4.95. The fraction of sp³-hybridized carbons (Fsp3) is 0.208. The van der Waals surface area contributed by atoms with Gasteiger partial charge in [-0.25, -0.2) is 4.68 Å².